The lowest BCUT2D eigenvalue weighted by Crippen LogP contribution is -2.06. The van der Waals surface area contributed by atoms with Gasteiger partial charge < -0.3 is 9.73 Å². The maximum Gasteiger partial charge on any atom is 0.416 e. The summed E-state index contributed by atoms with van der Waals surface area (Å²) in [6, 6.07) is 1.71. The normalized spacial score (nSPS) is 13.3. The summed E-state index contributed by atoms with van der Waals surface area (Å²) in [6.45, 7) is 1.57. The molecule has 0 saturated carbocycles. The Morgan fingerprint density at radius 2 is 2.00 bits per heavy atom. The molecule has 4 nitrogen and oxygen atoms in total. The van der Waals surface area contributed by atoms with E-state index in [9.17, 15) is 17.6 Å². The fourth-order valence-electron chi connectivity index (χ4n) is 1.36. The van der Waals surface area contributed by atoms with Gasteiger partial charge in [0.2, 0.25) is 5.89 Å². The minimum Gasteiger partial charge on any atom is -0.406 e. The van der Waals surface area contributed by atoms with Gasteiger partial charge in [-0.2, -0.15) is 13.2 Å². The van der Waals surface area contributed by atoms with Crippen molar-refractivity contribution in [2.24, 2.45) is 0 Å². The maximum atomic E-state index is 13.5. The van der Waals surface area contributed by atoms with Crippen LogP contribution in [0.15, 0.2) is 22.6 Å². The molecule has 0 aliphatic rings. The predicted octanol–water partition coefficient (Wildman–Crippen LogP) is 4.27. The highest BCUT2D eigenvalue weighted by molar-refractivity contribution is 6.20. The lowest BCUT2D eigenvalue weighted by Gasteiger charge is -2.09. The molecule has 0 spiro atoms. The molecule has 1 aromatic carbocycles. The van der Waals surface area contributed by atoms with E-state index < -0.39 is 28.6 Å². The van der Waals surface area contributed by atoms with Crippen molar-refractivity contribution in [2.45, 2.75) is 18.5 Å². The molecular formula is C11H8ClF4N3O. The Labute approximate surface area is 115 Å². The number of anilines is 2. The Balaban J connectivity index is 2.28. The van der Waals surface area contributed by atoms with Crippen LogP contribution in [0.5, 0.6) is 0 Å². The summed E-state index contributed by atoms with van der Waals surface area (Å²) in [7, 11) is 0. The molecule has 2 rings (SSSR count). The zero-order valence-electron chi connectivity index (χ0n) is 10.0. The predicted molar refractivity (Wildman–Crippen MR) is 63.3 cm³/mol. The minimum atomic E-state index is -4.57. The van der Waals surface area contributed by atoms with Crippen LogP contribution in [0.2, 0.25) is 0 Å². The van der Waals surface area contributed by atoms with E-state index in [4.69, 9.17) is 16.0 Å². The van der Waals surface area contributed by atoms with Crippen molar-refractivity contribution in [3.8, 4) is 0 Å². The summed E-state index contributed by atoms with van der Waals surface area (Å²) in [5.41, 5.74) is -1.41. The van der Waals surface area contributed by atoms with E-state index in [2.05, 4.69) is 15.5 Å². The van der Waals surface area contributed by atoms with Crippen LogP contribution in [0.1, 0.15) is 23.8 Å². The molecule has 0 fully saturated rings. The van der Waals surface area contributed by atoms with Crippen LogP contribution in [0.4, 0.5) is 29.3 Å². The quantitative estimate of drug-likeness (QED) is 0.679. The molecule has 0 radical (unpaired) electrons. The summed E-state index contributed by atoms with van der Waals surface area (Å²) in [5, 5.41) is 8.78. The first-order valence-electron chi connectivity index (χ1n) is 5.38. The number of rotatable bonds is 3. The third-order valence-electron chi connectivity index (χ3n) is 2.32. The largest absolute Gasteiger partial charge is 0.416 e. The fraction of sp³-hybridized carbons (Fsp3) is 0.273. The van der Waals surface area contributed by atoms with E-state index in [1.54, 1.807) is 6.92 Å². The van der Waals surface area contributed by atoms with Crippen LogP contribution in [-0.4, -0.2) is 10.2 Å². The van der Waals surface area contributed by atoms with Crippen molar-refractivity contribution in [1.29, 1.82) is 0 Å². The second-order valence-electron chi connectivity index (χ2n) is 3.88. The third kappa shape index (κ3) is 3.19. The maximum absolute atomic E-state index is 13.5. The van der Waals surface area contributed by atoms with Crippen molar-refractivity contribution in [3.63, 3.8) is 0 Å². The number of halogens is 5. The highest BCUT2D eigenvalue weighted by atomic mass is 35.5. The monoisotopic (exact) mass is 309 g/mol. The highest BCUT2D eigenvalue weighted by Gasteiger charge is 2.31. The second kappa shape index (κ2) is 5.28. The van der Waals surface area contributed by atoms with Crippen LogP contribution in [0.25, 0.3) is 0 Å². The summed E-state index contributed by atoms with van der Waals surface area (Å²) in [5.74, 6) is -0.807. The van der Waals surface area contributed by atoms with E-state index in [1.807, 2.05) is 0 Å². The second-order valence-corrected chi connectivity index (χ2v) is 4.53. The first-order valence-corrected chi connectivity index (χ1v) is 5.82. The Kier molecular flexibility index (Phi) is 3.85. The number of nitrogens with zero attached hydrogens (tertiary/aromatic N) is 2. The van der Waals surface area contributed by atoms with E-state index in [0.29, 0.717) is 18.2 Å². The molecule has 0 aliphatic heterocycles. The van der Waals surface area contributed by atoms with Gasteiger partial charge in [-0.25, -0.2) is 4.39 Å². The molecule has 0 aliphatic carbocycles. The molecule has 1 heterocycles. The Morgan fingerprint density at radius 3 is 2.55 bits per heavy atom. The van der Waals surface area contributed by atoms with E-state index in [0.717, 1.165) is 0 Å². The highest BCUT2D eigenvalue weighted by Crippen LogP contribution is 2.32. The smallest absolute Gasteiger partial charge is 0.406 e. The zero-order chi connectivity index (χ0) is 14.9. The molecule has 9 heteroatoms. The summed E-state index contributed by atoms with van der Waals surface area (Å²) >= 11 is 5.69. The minimum absolute atomic E-state index is 0.0709. The Bertz CT molecular complexity index is 612. The van der Waals surface area contributed by atoms with Crippen LogP contribution >= 0.6 is 11.6 Å². The number of alkyl halides is 4. The molecule has 1 N–H and O–H groups in total. The third-order valence-corrected chi connectivity index (χ3v) is 2.50. The van der Waals surface area contributed by atoms with Gasteiger partial charge in [0.05, 0.1) is 11.3 Å². The average molecular weight is 310 g/mol. The number of nitrogens with one attached hydrogen (secondary N) is 1. The number of aromatic nitrogens is 2. The van der Waals surface area contributed by atoms with Gasteiger partial charge in [0.1, 0.15) is 11.2 Å². The standard InChI is InChI=1S/C11H8ClF4N3O/c1-5(12)9-18-19-10(20-9)17-8-4-6(11(14,15)16)2-3-7(8)13/h2-5H,1H3,(H,17,19). The van der Waals surface area contributed by atoms with E-state index >= 15 is 0 Å². The Hall–Kier alpha value is -1.83. The van der Waals surface area contributed by atoms with Crippen LogP contribution in [0.3, 0.4) is 0 Å². The van der Waals surface area contributed by atoms with Crippen molar-refractivity contribution in [1.82, 2.24) is 10.2 Å². The van der Waals surface area contributed by atoms with Gasteiger partial charge in [-0.1, -0.05) is 5.10 Å². The van der Waals surface area contributed by atoms with Crippen LogP contribution < -0.4 is 5.32 Å². The molecule has 1 unspecified atom stereocenters. The van der Waals surface area contributed by atoms with Gasteiger partial charge in [-0.05, 0) is 25.1 Å². The van der Waals surface area contributed by atoms with Crippen molar-refractivity contribution in [3.05, 3.63) is 35.5 Å². The van der Waals surface area contributed by atoms with Gasteiger partial charge in [0, 0.05) is 0 Å². The summed E-state index contributed by atoms with van der Waals surface area (Å²) < 4.78 is 56.1. The summed E-state index contributed by atoms with van der Waals surface area (Å²) in [6.07, 6.45) is -4.57. The molecule has 1 atom stereocenters. The SMILES string of the molecule is CC(Cl)c1nnc(Nc2cc(C(F)(F)F)ccc2F)o1. The van der Waals surface area contributed by atoms with Crippen LogP contribution in [0, 0.1) is 5.82 Å². The van der Waals surface area contributed by atoms with Crippen LogP contribution in [-0.2, 0) is 6.18 Å². The number of hydrogen-bond acceptors (Lipinski definition) is 4. The van der Waals surface area contributed by atoms with Crippen molar-refractivity contribution >= 4 is 23.3 Å². The topological polar surface area (TPSA) is 51.0 Å². The van der Waals surface area contributed by atoms with Gasteiger partial charge >= 0.3 is 12.2 Å². The molecule has 2 aromatic rings. The average Bonchev–Trinajstić information content (AvgIpc) is 2.79. The molecule has 0 saturated heterocycles. The first kappa shape index (κ1) is 14.6. The van der Waals surface area contributed by atoms with Gasteiger partial charge in [0.25, 0.3) is 0 Å². The van der Waals surface area contributed by atoms with E-state index in [-0.39, 0.29) is 11.9 Å². The molecule has 0 amide bonds. The van der Waals surface area contributed by atoms with Gasteiger partial charge in [-0.15, -0.1) is 16.7 Å². The molecule has 1 aromatic heterocycles. The number of benzene rings is 1. The lowest BCUT2D eigenvalue weighted by atomic mass is 10.2. The summed E-state index contributed by atoms with van der Waals surface area (Å²) in [4.78, 5) is 0. The van der Waals surface area contributed by atoms with Gasteiger partial charge in [0.15, 0.2) is 0 Å². The fourth-order valence-corrected chi connectivity index (χ4v) is 1.45. The molecule has 0 bridgehead atoms. The Morgan fingerprint density at radius 1 is 1.30 bits per heavy atom. The molecule has 20 heavy (non-hydrogen) atoms. The number of hydrogen-bond donors (Lipinski definition) is 1. The van der Waals surface area contributed by atoms with E-state index in [1.165, 1.54) is 0 Å². The molecular weight excluding hydrogens is 302 g/mol. The zero-order valence-corrected chi connectivity index (χ0v) is 10.8. The molecule has 108 valence electrons. The van der Waals surface area contributed by atoms with Crippen molar-refractivity contribution in [2.75, 3.05) is 5.32 Å². The van der Waals surface area contributed by atoms with Crippen molar-refractivity contribution < 1.29 is 22.0 Å². The van der Waals surface area contributed by atoms with Gasteiger partial charge in [-0.3, -0.25) is 0 Å². The first-order chi connectivity index (χ1) is 9.27. The lowest BCUT2D eigenvalue weighted by molar-refractivity contribution is -0.137.